The van der Waals surface area contributed by atoms with Gasteiger partial charge in [-0.25, -0.2) is 4.79 Å². The first kappa shape index (κ1) is 13.7. The van der Waals surface area contributed by atoms with Gasteiger partial charge in [-0.2, -0.15) is 0 Å². The molecule has 0 bridgehead atoms. The molecule has 1 aromatic rings. The third-order valence-corrected chi connectivity index (χ3v) is 2.58. The van der Waals surface area contributed by atoms with E-state index >= 15 is 0 Å². The smallest absolute Gasteiger partial charge is 0.330 e. The fourth-order valence-electron chi connectivity index (χ4n) is 1.55. The highest BCUT2D eigenvalue weighted by Gasteiger charge is 2.16. The first-order valence-electron chi connectivity index (χ1n) is 5.70. The van der Waals surface area contributed by atoms with E-state index in [2.05, 4.69) is 4.98 Å². The molecular formula is C11H18N2O4. The number of aromatic nitrogens is 2. The number of aromatic amines is 1. The number of rotatable bonds is 6. The molecule has 1 heterocycles. The molecule has 0 amide bonds. The Balaban J connectivity index is 2.93. The molecule has 0 aliphatic carbocycles. The average Bonchev–Trinajstić information content (AvgIpc) is 2.32. The number of aliphatic hydroxyl groups excluding tert-OH is 1. The molecule has 96 valence electrons. The minimum Gasteiger partial charge on any atom is -0.392 e. The third-order valence-electron chi connectivity index (χ3n) is 2.58. The van der Waals surface area contributed by atoms with Crippen molar-refractivity contribution in [2.45, 2.75) is 39.0 Å². The summed E-state index contributed by atoms with van der Waals surface area (Å²) in [6, 6.07) is 1.22. The highest BCUT2D eigenvalue weighted by molar-refractivity contribution is 4.84. The largest absolute Gasteiger partial charge is 0.392 e. The fourth-order valence-corrected chi connectivity index (χ4v) is 1.55. The van der Waals surface area contributed by atoms with Crippen molar-refractivity contribution in [3.8, 4) is 0 Å². The van der Waals surface area contributed by atoms with Crippen molar-refractivity contribution in [3.05, 3.63) is 33.1 Å². The lowest BCUT2D eigenvalue weighted by molar-refractivity contribution is -0.0845. The van der Waals surface area contributed by atoms with E-state index in [0.29, 0.717) is 0 Å². The number of nitrogens with zero attached hydrogens (tertiary/aromatic N) is 1. The second-order valence-electron chi connectivity index (χ2n) is 3.73. The molecule has 17 heavy (non-hydrogen) atoms. The molecule has 2 N–H and O–H groups in total. The van der Waals surface area contributed by atoms with Crippen molar-refractivity contribution in [2.24, 2.45) is 0 Å². The van der Waals surface area contributed by atoms with E-state index in [1.54, 1.807) is 0 Å². The van der Waals surface area contributed by atoms with Crippen molar-refractivity contribution in [1.82, 2.24) is 9.55 Å². The lowest BCUT2D eigenvalue weighted by Crippen LogP contribution is -2.35. The van der Waals surface area contributed by atoms with Gasteiger partial charge in [-0.05, 0) is 12.8 Å². The van der Waals surface area contributed by atoms with E-state index in [1.165, 1.54) is 16.8 Å². The van der Waals surface area contributed by atoms with Gasteiger partial charge in [0.2, 0.25) is 0 Å². The van der Waals surface area contributed by atoms with Gasteiger partial charge in [0.1, 0.15) is 0 Å². The zero-order valence-corrected chi connectivity index (χ0v) is 10.0. The van der Waals surface area contributed by atoms with Gasteiger partial charge in [0.15, 0.2) is 6.23 Å². The average molecular weight is 242 g/mol. The van der Waals surface area contributed by atoms with Crippen LogP contribution in [0.1, 0.15) is 32.9 Å². The maximum atomic E-state index is 11.5. The van der Waals surface area contributed by atoms with Crippen LogP contribution in [0.4, 0.5) is 0 Å². The van der Waals surface area contributed by atoms with Crippen LogP contribution in [-0.2, 0) is 4.74 Å². The van der Waals surface area contributed by atoms with Crippen LogP contribution in [0, 0.1) is 0 Å². The molecule has 0 fully saturated rings. The summed E-state index contributed by atoms with van der Waals surface area (Å²) in [5.74, 6) is 0. The molecule has 0 spiro atoms. The molecular weight excluding hydrogens is 224 g/mol. The van der Waals surface area contributed by atoms with Crippen molar-refractivity contribution in [2.75, 3.05) is 6.61 Å². The molecule has 0 saturated carbocycles. The van der Waals surface area contributed by atoms with Gasteiger partial charge in [0.25, 0.3) is 5.56 Å². The van der Waals surface area contributed by atoms with Gasteiger partial charge in [-0.3, -0.25) is 14.3 Å². The van der Waals surface area contributed by atoms with Crippen molar-refractivity contribution < 1.29 is 9.84 Å². The molecule has 0 saturated heterocycles. The summed E-state index contributed by atoms with van der Waals surface area (Å²) in [4.78, 5) is 24.6. The maximum Gasteiger partial charge on any atom is 0.330 e. The third kappa shape index (κ3) is 3.54. The van der Waals surface area contributed by atoms with E-state index in [4.69, 9.17) is 4.74 Å². The van der Waals surface area contributed by atoms with Crippen LogP contribution in [0.15, 0.2) is 21.9 Å². The molecule has 1 rings (SSSR count). The Morgan fingerprint density at radius 1 is 1.41 bits per heavy atom. The Morgan fingerprint density at radius 2 is 2.06 bits per heavy atom. The molecule has 0 aliphatic heterocycles. The van der Waals surface area contributed by atoms with Crippen molar-refractivity contribution >= 4 is 0 Å². The summed E-state index contributed by atoms with van der Waals surface area (Å²) in [5.41, 5.74) is -1.05. The van der Waals surface area contributed by atoms with Crippen LogP contribution in [0.25, 0.3) is 0 Å². The standard InChI is InChI=1S/C11H18N2O4/c1-3-8(4-2)17-10(7-14)13-6-5-9(15)12-11(13)16/h5-6,8,10,14H,3-4,7H2,1-2H3,(H,12,15,16). The van der Waals surface area contributed by atoms with Crippen LogP contribution in [-0.4, -0.2) is 27.4 Å². The van der Waals surface area contributed by atoms with Crippen LogP contribution < -0.4 is 11.2 Å². The second kappa shape index (κ2) is 6.36. The zero-order valence-electron chi connectivity index (χ0n) is 10.0. The Hall–Kier alpha value is -1.40. The normalized spacial score (nSPS) is 12.9. The van der Waals surface area contributed by atoms with Gasteiger partial charge in [-0.1, -0.05) is 13.8 Å². The molecule has 6 nitrogen and oxygen atoms in total. The molecule has 0 aromatic carbocycles. The number of nitrogens with one attached hydrogen (secondary N) is 1. The van der Waals surface area contributed by atoms with Crippen LogP contribution in [0.3, 0.4) is 0 Å². The Bertz CT molecular complexity index is 447. The Morgan fingerprint density at radius 3 is 2.53 bits per heavy atom. The van der Waals surface area contributed by atoms with Crippen LogP contribution in [0.5, 0.6) is 0 Å². The summed E-state index contributed by atoms with van der Waals surface area (Å²) < 4.78 is 6.78. The molecule has 1 unspecified atom stereocenters. The highest BCUT2D eigenvalue weighted by atomic mass is 16.5. The number of aliphatic hydroxyl groups is 1. The van der Waals surface area contributed by atoms with Gasteiger partial charge in [0, 0.05) is 12.3 Å². The summed E-state index contributed by atoms with van der Waals surface area (Å²) >= 11 is 0. The monoisotopic (exact) mass is 242 g/mol. The maximum absolute atomic E-state index is 11.5. The minimum atomic E-state index is -0.760. The van der Waals surface area contributed by atoms with Gasteiger partial charge < -0.3 is 9.84 Å². The molecule has 1 aromatic heterocycles. The fraction of sp³-hybridized carbons (Fsp3) is 0.636. The topological polar surface area (TPSA) is 84.3 Å². The van der Waals surface area contributed by atoms with E-state index in [9.17, 15) is 14.7 Å². The highest BCUT2D eigenvalue weighted by Crippen LogP contribution is 2.12. The van der Waals surface area contributed by atoms with E-state index in [1.807, 2.05) is 13.8 Å². The summed E-state index contributed by atoms with van der Waals surface area (Å²) in [6.45, 7) is 3.62. The number of ether oxygens (including phenoxy) is 1. The summed E-state index contributed by atoms with van der Waals surface area (Å²) in [6.07, 6.45) is 2.14. The second-order valence-corrected chi connectivity index (χ2v) is 3.73. The van der Waals surface area contributed by atoms with Gasteiger partial charge in [0.05, 0.1) is 12.7 Å². The van der Waals surface area contributed by atoms with Gasteiger partial charge >= 0.3 is 5.69 Å². The molecule has 1 atom stereocenters. The van der Waals surface area contributed by atoms with E-state index in [-0.39, 0.29) is 12.7 Å². The quantitative estimate of drug-likeness (QED) is 0.748. The Kier molecular flexibility index (Phi) is 5.11. The van der Waals surface area contributed by atoms with E-state index < -0.39 is 17.5 Å². The molecule has 0 aliphatic rings. The molecule has 0 radical (unpaired) electrons. The minimum absolute atomic E-state index is 0.0222. The number of H-pyrrole nitrogens is 1. The van der Waals surface area contributed by atoms with Crippen molar-refractivity contribution in [1.29, 1.82) is 0 Å². The van der Waals surface area contributed by atoms with Crippen molar-refractivity contribution in [3.63, 3.8) is 0 Å². The van der Waals surface area contributed by atoms with Gasteiger partial charge in [-0.15, -0.1) is 0 Å². The van der Waals surface area contributed by atoms with Crippen LogP contribution in [0.2, 0.25) is 0 Å². The summed E-state index contributed by atoms with van der Waals surface area (Å²) in [5, 5.41) is 9.24. The molecule has 6 heteroatoms. The lowest BCUT2D eigenvalue weighted by atomic mass is 10.2. The van der Waals surface area contributed by atoms with Crippen LogP contribution >= 0.6 is 0 Å². The zero-order chi connectivity index (χ0) is 12.8. The predicted octanol–water partition coefficient (Wildman–Crippen LogP) is 0.233. The first-order valence-corrected chi connectivity index (χ1v) is 5.70. The number of hydrogen-bond acceptors (Lipinski definition) is 4. The SMILES string of the molecule is CCC(CC)OC(CO)n1ccc(=O)[nH]c1=O. The number of hydrogen-bond donors (Lipinski definition) is 2. The lowest BCUT2D eigenvalue weighted by Gasteiger charge is -2.23. The van der Waals surface area contributed by atoms with E-state index in [0.717, 1.165) is 12.8 Å². The first-order chi connectivity index (χ1) is 8.12. The Labute approximate surface area is 98.9 Å². The predicted molar refractivity (Wildman–Crippen MR) is 62.9 cm³/mol. The summed E-state index contributed by atoms with van der Waals surface area (Å²) in [7, 11) is 0.